The number of hydrogen-bond acceptors (Lipinski definition) is 15. The zero-order valence-electron chi connectivity index (χ0n) is 62.1. The van der Waals surface area contributed by atoms with Crippen LogP contribution in [0.5, 0.6) is 0 Å². The van der Waals surface area contributed by atoms with E-state index in [9.17, 15) is 43.2 Å². The Morgan fingerprint density at radius 2 is 0.537 bits per heavy atom. The number of aliphatic hydroxyl groups excluding tert-OH is 1. The molecule has 95 heavy (non-hydrogen) atoms. The average molecular weight is 1400 g/mol. The lowest BCUT2D eigenvalue weighted by molar-refractivity contribution is -0.161. The van der Waals surface area contributed by atoms with Gasteiger partial charge in [-0.3, -0.25) is 37.3 Å². The molecule has 17 nitrogen and oxygen atoms in total. The average Bonchev–Trinajstić information content (AvgIpc) is 1.88. The van der Waals surface area contributed by atoms with E-state index in [-0.39, 0.29) is 25.7 Å². The summed E-state index contributed by atoms with van der Waals surface area (Å²) in [6, 6.07) is 0. The van der Waals surface area contributed by atoms with Gasteiger partial charge in [0.15, 0.2) is 12.2 Å². The van der Waals surface area contributed by atoms with Gasteiger partial charge in [0.2, 0.25) is 0 Å². The predicted molar refractivity (Wildman–Crippen MR) is 386 cm³/mol. The zero-order valence-corrected chi connectivity index (χ0v) is 63.9. The highest BCUT2D eigenvalue weighted by molar-refractivity contribution is 7.47. The molecular weight excluding hydrogens is 1250 g/mol. The van der Waals surface area contributed by atoms with Crippen molar-refractivity contribution in [3.05, 3.63) is 0 Å². The zero-order chi connectivity index (χ0) is 70.1. The van der Waals surface area contributed by atoms with E-state index in [0.717, 1.165) is 108 Å². The van der Waals surface area contributed by atoms with E-state index in [1.165, 1.54) is 199 Å². The van der Waals surface area contributed by atoms with E-state index in [0.29, 0.717) is 25.7 Å². The number of unbranched alkanes of at least 4 members (excludes halogenated alkanes) is 41. The smallest absolute Gasteiger partial charge is 0.462 e. The molecule has 564 valence electrons. The lowest BCUT2D eigenvalue weighted by Gasteiger charge is -2.21. The molecular formula is C76H148O17P2. The number of hydrogen-bond donors (Lipinski definition) is 3. The van der Waals surface area contributed by atoms with Crippen LogP contribution in [0.3, 0.4) is 0 Å². The first-order chi connectivity index (χ1) is 45.8. The molecule has 0 bridgehead atoms. The second-order valence-corrected chi connectivity index (χ2v) is 31.5. The quantitative estimate of drug-likeness (QED) is 0.0222. The van der Waals surface area contributed by atoms with E-state index in [4.69, 9.17) is 37.0 Å². The molecule has 0 aliphatic rings. The largest absolute Gasteiger partial charge is 0.472 e. The number of aliphatic hydroxyl groups is 1. The molecule has 0 radical (unpaired) electrons. The maximum Gasteiger partial charge on any atom is 0.472 e. The summed E-state index contributed by atoms with van der Waals surface area (Å²) in [5.74, 6) is 0.179. The summed E-state index contributed by atoms with van der Waals surface area (Å²) in [5.41, 5.74) is 0. The van der Waals surface area contributed by atoms with Gasteiger partial charge in [-0.05, 0) is 43.4 Å². The monoisotopic (exact) mass is 1400 g/mol. The third-order valence-electron chi connectivity index (χ3n) is 18.0. The minimum absolute atomic E-state index is 0.105. The third kappa shape index (κ3) is 69.0. The summed E-state index contributed by atoms with van der Waals surface area (Å²) in [4.78, 5) is 72.8. The number of carbonyl (C=O) groups excluding carboxylic acids is 4. The number of ether oxygens (including phenoxy) is 4. The van der Waals surface area contributed by atoms with Crippen LogP contribution in [0, 0.1) is 17.8 Å². The molecule has 0 aliphatic carbocycles. The first-order valence-corrected chi connectivity index (χ1v) is 42.4. The highest BCUT2D eigenvalue weighted by Gasteiger charge is 2.30. The summed E-state index contributed by atoms with van der Waals surface area (Å²) in [6.07, 6.45) is 52.6. The Bertz CT molecular complexity index is 1850. The molecule has 3 N–H and O–H groups in total. The molecule has 0 aliphatic heterocycles. The van der Waals surface area contributed by atoms with Gasteiger partial charge in [-0.25, -0.2) is 9.13 Å². The standard InChI is InChI=1S/C76H148O17P2/c1-8-10-11-12-13-14-15-16-17-18-19-24-29-38-45-52-59-75(80)92-71(63-86-73(78)57-50-43-36-28-23-21-20-22-26-33-40-47-54-67(3)4)65-90-94(82,83)88-61-70(77)62-89-95(84,85)91-66-72(93-76(81)60-53-46-39-30-25-27-34-41-48-55-68(5)6)64-87-74(79)58-51-44-37-32-31-35-42-49-56-69(7)9-2/h67-72,77H,8-66H2,1-7H3,(H,82,83)(H,84,85)/t69?,70-,71-,72-/m1/s1. The summed E-state index contributed by atoms with van der Waals surface area (Å²) >= 11 is 0. The van der Waals surface area contributed by atoms with Crippen molar-refractivity contribution in [1.82, 2.24) is 0 Å². The van der Waals surface area contributed by atoms with Crippen LogP contribution in [0.25, 0.3) is 0 Å². The Morgan fingerprint density at radius 3 is 0.800 bits per heavy atom. The molecule has 0 saturated carbocycles. The van der Waals surface area contributed by atoms with Crippen molar-refractivity contribution in [2.45, 2.75) is 407 Å². The first-order valence-electron chi connectivity index (χ1n) is 39.4. The minimum Gasteiger partial charge on any atom is -0.462 e. The molecule has 0 heterocycles. The van der Waals surface area contributed by atoms with Crippen LogP contribution in [0.1, 0.15) is 389 Å². The highest BCUT2D eigenvalue weighted by atomic mass is 31.2. The van der Waals surface area contributed by atoms with Gasteiger partial charge in [0.25, 0.3) is 0 Å². The van der Waals surface area contributed by atoms with E-state index in [1.54, 1.807) is 0 Å². The lowest BCUT2D eigenvalue weighted by atomic mass is 9.99. The number of esters is 4. The van der Waals surface area contributed by atoms with Gasteiger partial charge in [0.05, 0.1) is 26.4 Å². The summed E-state index contributed by atoms with van der Waals surface area (Å²) in [7, 11) is -9.91. The van der Waals surface area contributed by atoms with Crippen molar-refractivity contribution in [2.24, 2.45) is 17.8 Å². The number of rotatable bonds is 74. The van der Waals surface area contributed by atoms with Crippen molar-refractivity contribution in [2.75, 3.05) is 39.6 Å². The van der Waals surface area contributed by atoms with Crippen LogP contribution in [-0.4, -0.2) is 96.7 Å². The van der Waals surface area contributed by atoms with Crippen LogP contribution in [0.2, 0.25) is 0 Å². The predicted octanol–water partition coefficient (Wildman–Crippen LogP) is 22.2. The van der Waals surface area contributed by atoms with Gasteiger partial charge < -0.3 is 33.8 Å². The van der Waals surface area contributed by atoms with E-state index in [2.05, 4.69) is 48.5 Å². The van der Waals surface area contributed by atoms with Crippen molar-refractivity contribution < 1.29 is 80.2 Å². The first kappa shape index (κ1) is 93.1. The molecule has 0 spiro atoms. The van der Waals surface area contributed by atoms with Crippen molar-refractivity contribution in [3.63, 3.8) is 0 Å². The third-order valence-corrected chi connectivity index (χ3v) is 19.9. The van der Waals surface area contributed by atoms with Crippen LogP contribution >= 0.6 is 15.6 Å². The number of carbonyl (C=O) groups is 4. The molecule has 0 aromatic rings. The number of phosphoric ester groups is 2. The fourth-order valence-electron chi connectivity index (χ4n) is 11.6. The molecule has 0 amide bonds. The van der Waals surface area contributed by atoms with Crippen molar-refractivity contribution in [3.8, 4) is 0 Å². The van der Waals surface area contributed by atoms with E-state index < -0.39 is 97.5 Å². The van der Waals surface area contributed by atoms with Gasteiger partial charge in [0.1, 0.15) is 19.3 Å². The van der Waals surface area contributed by atoms with E-state index in [1.807, 2.05) is 0 Å². The Labute approximate surface area is 581 Å². The fourth-order valence-corrected chi connectivity index (χ4v) is 13.1. The Balaban J connectivity index is 5.27. The van der Waals surface area contributed by atoms with Gasteiger partial charge >= 0.3 is 39.5 Å². The topological polar surface area (TPSA) is 237 Å². The maximum absolute atomic E-state index is 13.1. The molecule has 3 unspecified atom stereocenters. The SMILES string of the molecule is CCCCCCCCCCCCCCCCCCC(=O)O[C@H](COC(=O)CCCCCCCCCCCCCCC(C)C)COP(=O)(O)OC[C@@H](O)COP(=O)(O)OC[C@@H](COC(=O)CCCCCCCCCCC(C)CC)OC(=O)CCCCCCCCCCCC(C)C. The summed E-state index contributed by atoms with van der Waals surface area (Å²) in [5, 5.41) is 10.6. The van der Waals surface area contributed by atoms with Crippen LogP contribution in [-0.2, 0) is 65.4 Å². The van der Waals surface area contributed by atoms with Crippen molar-refractivity contribution >= 4 is 39.5 Å². The Hall–Kier alpha value is -1.94. The summed E-state index contributed by atoms with van der Waals surface area (Å²) in [6.45, 7) is 11.9. The van der Waals surface area contributed by atoms with Gasteiger partial charge in [-0.15, -0.1) is 0 Å². The minimum atomic E-state index is -4.96. The molecule has 0 saturated heterocycles. The summed E-state index contributed by atoms with van der Waals surface area (Å²) < 4.78 is 68.6. The second kappa shape index (κ2) is 66.6. The highest BCUT2D eigenvalue weighted by Crippen LogP contribution is 2.45. The molecule has 6 atom stereocenters. The fraction of sp³-hybridized carbons (Fsp3) is 0.947. The van der Waals surface area contributed by atoms with Crippen molar-refractivity contribution in [1.29, 1.82) is 0 Å². The van der Waals surface area contributed by atoms with Gasteiger partial charge in [-0.1, -0.05) is 337 Å². The Kier molecular flexibility index (Phi) is 65.2. The molecule has 0 aromatic carbocycles. The molecule has 0 fully saturated rings. The van der Waals surface area contributed by atoms with Crippen LogP contribution in [0.4, 0.5) is 0 Å². The maximum atomic E-state index is 13.1. The normalized spacial score (nSPS) is 14.4. The Morgan fingerprint density at radius 1 is 0.305 bits per heavy atom. The van der Waals surface area contributed by atoms with Gasteiger partial charge in [-0.2, -0.15) is 0 Å². The molecule has 0 aromatic heterocycles. The van der Waals surface area contributed by atoms with Crippen LogP contribution < -0.4 is 0 Å². The van der Waals surface area contributed by atoms with Gasteiger partial charge in [0, 0.05) is 25.7 Å². The van der Waals surface area contributed by atoms with Crippen LogP contribution in [0.15, 0.2) is 0 Å². The molecule has 19 heteroatoms. The van der Waals surface area contributed by atoms with E-state index >= 15 is 0 Å². The second-order valence-electron chi connectivity index (χ2n) is 28.6. The molecule has 0 rings (SSSR count). The number of phosphoric acid groups is 2. The lowest BCUT2D eigenvalue weighted by Crippen LogP contribution is -2.30.